The van der Waals surface area contributed by atoms with E-state index < -0.39 is 10.2 Å². The van der Waals surface area contributed by atoms with E-state index in [9.17, 15) is 8.42 Å². The van der Waals surface area contributed by atoms with Crippen molar-refractivity contribution in [3.05, 3.63) is 0 Å². The molecule has 0 amide bonds. The molecule has 1 unspecified atom stereocenters. The Morgan fingerprint density at radius 1 is 1.38 bits per heavy atom. The first-order chi connectivity index (χ1) is 7.45. The number of nitrogens with one attached hydrogen (secondary N) is 2. The van der Waals surface area contributed by atoms with Crippen molar-refractivity contribution in [1.29, 1.82) is 0 Å². The van der Waals surface area contributed by atoms with Gasteiger partial charge in [0.2, 0.25) is 0 Å². The molecular formula is C10H23N3O2S. The van der Waals surface area contributed by atoms with Crippen LogP contribution in [-0.4, -0.2) is 45.4 Å². The number of hydrogen-bond donors (Lipinski definition) is 2. The SMILES string of the molecule is CNC(C)CNS(=O)(=O)N1CCC(C)CC1. The molecule has 0 saturated carbocycles. The first-order valence-electron chi connectivity index (χ1n) is 5.87. The summed E-state index contributed by atoms with van der Waals surface area (Å²) in [5.74, 6) is 0.641. The van der Waals surface area contributed by atoms with Crippen LogP contribution in [0.4, 0.5) is 0 Å². The van der Waals surface area contributed by atoms with Crippen LogP contribution in [0.5, 0.6) is 0 Å². The highest BCUT2D eigenvalue weighted by Crippen LogP contribution is 2.17. The zero-order valence-corrected chi connectivity index (χ0v) is 11.2. The van der Waals surface area contributed by atoms with Gasteiger partial charge in [-0.05, 0) is 32.7 Å². The van der Waals surface area contributed by atoms with Crippen LogP contribution in [0.3, 0.4) is 0 Å². The Morgan fingerprint density at radius 2 is 1.94 bits per heavy atom. The van der Waals surface area contributed by atoms with Crippen molar-refractivity contribution in [3.63, 3.8) is 0 Å². The highest BCUT2D eigenvalue weighted by atomic mass is 32.2. The molecule has 1 fully saturated rings. The quantitative estimate of drug-likeness (QED) is 0.730. The Balaban J connectivity index is 2.44. The molecule has 6 heteroatoms. The molecule has 16 heavy (non-hydrogen) atoms. The van der Waals surface area contributed by atoms with Gasteiger partial charge in [-0.2, -0.15) is 12.7 Å². The summed E-state index contributed by atoms with van der Waals surface area (Å²) < 4.78 is 28.0. The summed E-state index contributed by atoms with van der Waals surface area (Å²) in [7, 11) is -1.45. The molecule has 0 aromatic carbocycles. The van der Waals surface area contributed by atoms with Crippen molar-refractivity contribution >= 4 is 10.2 Å². The van der Waals surface area contributed by atoms with Gasteiger partial charge in [-0.15, -0.1) is 0 Å². The molecule has 96 valence electrons. The Labute approximate surface area is 98.8 Å². The average molecular weight is 249 g/mol. The number of piperidine rings is 1. The molecule has 0 aliphatic carbocycles. The van der Waals surface area contributed by atoms with Gasteiger partial charge in [-0.3, -0.25) is 0 Å². The van der Waals surface area contributed by atoms with Gasteiger partial charge in [0.25, 0.3) is 10.2 Å². The standard InChI is InChI=1S/C10H23N3O2S/c1-9-4-6-13(7-5-9)16(14,15)12-8-10(2)11-3/h9-12H,4-8H2,1-3H3. The summed E-state index contributed by atoms with van der Waals surface area (Å²) in [6.45, 7) is 5.83. The number of hydrogen-bond acceptors (Lipinski definition) is 3. The van der Waals surface area contributed by atoms with E-state index in [2.05, 4.69) is 17.0 Å². The molecule has 0 radical (unpaired) electrons. The number of rotatable bonds is 5. The van der Waals surface area contributed by atoms with Crippen LogP contribution in [0.2, 0.25) is 0 Å². The molecule has 1 aliphatic heterocycles. The van der Waals surface area contributed by atoms with Crippen LogP contribution in [0.1, 0.15) is 26.7 Å². The van der Waals surface area contributed by atoms with E-state index in [1.165, 1.54) is 0 Å². The third-order valence-electron chi connectivity index (χ3n) is 3.15. The summed E-state index contributed by atoms with van der Waals surface area (Å²) in [4.78, 5) is 0. The van der Waals surface area contributed by atoms with Gasteiger partial charge < -0.3 is 5.32 Å². The van der Waals surface area contributed by atoms with E-state index in [4.69, 9.17) is 0 Å². The molecule has 1 atom stereocenters. The second-order valence-electron chi connectivity index (χ2n) is 4.62. The number of nitrogens with zero attached hydrogens (tertiary/aromatic N) is 1. The smallest absolute Gasteiger partial charge is 0.279 e. The fraction of sp³-hybridized carbons (Fsp3) is 1.00. The van der Waals surface area contributed by atoms with E-state index in [1.54, 1.807) is 4.31 Å². The molecule has 2 N–H and O–H groups in total. The maximum atomic E-state index is 11.9. The zero-order valence-electron chi connectivity index (χ0n) is 10.4. The summed E-state index contributed by atoms with van der Waals surface area (Å²) >= 11 is 0. The first-order valence-corrected chi connectivity index (χ1v) is 7.31. The van der Waals surface area contributed by atoms with Crippen LogP contribution in [0.25, 0.3) is 0 Å². The molecule has 1 heterocycles. The molecule has 1 aliphatic rings. The third kappa shape index (κ3) is 4.01. The minimum Gasteiger partial charge on any atom is -0.316 e. The summed E-state index contributed by atoms with van der Waals surface area (Å²) in [5, 5.41) is 3.00. The van der Waals surface area contributed by atoms with Crippen LogP contribution < -0.4 is 10.0 Å². The molecule has 0 aromatic rings. The second-order valence-corrected chi connectivity index (χ2v) is 6.38. The molecular weight excluding hydrogens is 226 g/mol. The Bertz CT molecular complexity index is 297. The second kappa shape index (κ2) is 5.95. The van der Waals surface area contributed by atoms with Gasteiger partial charge >= 0.3 is 0 Å². The van der Waals surface area contributed by atoms with Gasteiger partial charge in [0, 0.05) is 25.7 Å². The maximum Gasteiger partial charge on any atom is 0.279 e. The molecule has 0 bridgehead atoms. The minimum absolute atomic E-state index is 0.151. The highest BCUT2D eigenvalue weighted by molar-refractivity contribution is 7.87. The predicted molar refractivity (Wildman–Crippen MR) is 65.4 cm³/mol. The van der Waals surface area contributed by atoms with Gasteiger partial charge in [0.1, 0.15) is 0 Å². The first kappa shape index (κ1) is 13.9. The van der Waals surface area contributed by atoms with Gasteiger partial charge in [0.05, 0.1) is 0 Å². The van der Waals surface area contributed by atoms with Crippen LogP contribution >= 0.6 is 0 Å². The lowest BCUT2D eigenvalue weighted by molar-refractivity contribution is 0.284. The van der Waals surface area contributed by atoms with Gasteiger partial charge in [0.15, 0.2) is 0 Å². The monoisotopic (exact) mass is 249 g/mol. The Kier molecular flexibility index (Phi) is 5.17. The fourth-order valence-electron chi connectivity index (χ4n) is 1.65. The van der Waals surface area contributed by atoms with E-state index in [0.717, 1.165) is 12.8 Å². The van der Waals surface area contributed by atoms with Crippen molar-refractivity contribution < 1.29 is 8.42 Å². The number of likely N-dealkylation sites (N-methyl/N-ethyl adjacent to an activating group) is 1. The van der Waals surface area contributed by atoms with Crippen molar-refractivity contribution in [2.24, 2.45) is 5.92 Å². The molecule has 1 rings (SSSR count). The maximum absolute atomic E-state index is 11.9. The van der Waals surface area contributed by atoms with Crippen LogP contribution in [0.15, 0.2) is 0 Å². The van der Waals surface area contributed by atoms with E-state index >= 15 is 0 Å². The largest absolute Gasteiger partial charge is 0.316 e. The van der Waals surface area contributed by atoms with Gasteiger partial charge in [-0.1, -0.05) is 6.92 Å². The van der Waals surface area contributed by atoms with E-state index in [-0.39, 0.29) is 6.04 Å². The Hall–Kier alpha value is -0.170. The molecule has 5 nitrogen and oxygen atoms in total. The lowest BCUT2D eigenvalue weighted by atomic mass is 10.0. The van der Waals surface area contributed by atoms with Crippen molar-refractivity contribution in [2.45, 2.75) is 32.7 Å². The molecule has 0 aromatic heterocycles. The summed E-state index contributed by atoms with van der Waals surface area (Å²) in [6, 6.07) is 0.151. The lowest BCUT2D eigenvalue weighted by Crippen LogP contribution is -2.47. The zero-order chi connectivity index (χ0) is 12.2. The molecule has 1 saturated heterocycles. The minimum atomic E-state index is -3.27. The van der Waals surface area contributed by atoms with E-state index in [1.807, 2.05) is 14.0 Å². The lowest BCUT2D eigenvalue weighted by Gasteiger charge is -2.29. The van der Waals surface area contributed by atoms with E-state index in [0.29, 0.717) is 25.6 Å². The summed E-state index contributed by atoms with van der Waals surface area (Å²) in [5.41, 5.74) is 0. The van der Waals surface area contributed by atoms with Crippen molar-refractivity contribution in [1.82, 2.24) is 14.3 Å². The topological polar surface area (TPSA) is 61.4 Å². The third-order valence-corrected chi connectivity index (χ3v) is 4.72. The molecule has 0 spiro atoms. The van der Waals surface area contributed by atoms with Crippen molar-refractivity contribution in [2.75, 3.05) is 26.7 Å². The highest BCUT2D eigenvalue weighted by Gasteiger charge is 2.26. The van der Waals surface area contributed by atoms with Crippen molar-refractivity contribution in [3.8, 4) is 0 Å². The predicted octanol–water partition coefficient (Wildman–Crippen LogP) is 0.161. The van der Waals surface area contributed by atoms with Crippen LogP contribution in [0, 0.1) is 5.92 Å². The Morgan fingerprint density at radius 3 is 2.44 bits per heavy atom. The van der Waals surface area contributed by atoms with Crippen LogP contribution in [-0.2, 0) is 10.2 Å². The normalized spacial score (nSPS) is 22.2. The summed E-state index contributed by atoms with van der Waals surface area (Å²) in [6.07, 6.45) is 1.92. The van der Waals surface area contributed by atoms with Gasteiger partial charge in [-0.25, -0.2) is 4.72 Å². The fourth-order valence-corrected chi connectivity index (χ4v) is 2.98. The average Bonchev–Trinajstić information content (AvgIpc) is 2.26.